The third kappa shape index (κ3) is 4.61. The molecule has 0 saturated carbocycles. The van der Waals surface area contributed by atoms with Crippen LogP contribution in [0.3, 0.4) is 0 Å². The van der Waals surface area contributed by atoms with Gasteiger partial charge in [0.15, 0.2) is 0 Å². The number of halogens is 4. The number of piperidine rings is 1. The van der Waals surface area contributed by atoms with Gasteiger partial charge in [0.2, 0.25) is 5.91 Å². The first-order valence-corrected chi connectivity index (χ1v) is 6.60. The molecule has 1 saturated heterocycles. The molecule has 0 radical (unpaired) electrons. The lowest BCUT2D eigenvalue weighted by atomic mass is 10.0. The molecule has 7 heteroatoms. The molecular weight excluding hydrogens is 305 g/mol. The molecule has 2 N–H and O–H groups in total. The number of amides is 1. The van der Waals surface area contributed by atoms with Gasteiger partial charge >= 0.3 is 6.18 Å². The van der Waals surface area contributed by atoms with E-state index >= 15 is 0 Å². The van der Waals surface area contributed by atoms with Gasteiger partial charge in [-0.3, -0.25) is 4.79 Å². The molecular formula is C14H18ClF3N2O. The minimum Gasteiger partial charge on any atom is -0.324 e. The fourth-order valence-electron chi connectivity index (χ4n) is 2.23. The van der Waals surface area contributed by atoms with Gasteiger partial charge in [-0.2, -0.15) is 13.2 Å². The number of alkyl halides is 3. The van der Waals surface area contributed by atoms with Crippen LogP contribution < -0.4 is 10.6 Å². The van der Waals surface area contributed by atoms with Crippen LogP contribution in [-0.2, 0) is 11.0 Å². The molecule has 118 valence electrons. The third-order valence-electron chi connectivity index (χ3n) is 3.45. The van der Waals surface area contributed by atoms with Gasteiger partial charge in [0.25, 0.3) is 0 Å². The van der Waals surface area contributed by atoms with Crippen LogP contribution in [0.4, 0.5) is 18.9 Å². The Kier molecular flexibility index (Phi) is 6.04. The van der Waals surface area contributed by atoms with Crippen molar-refractivity contribution in [1.82, 2.24) is 5.32 Å². The second-order valence-electron chi connectivity index (χ2n) is 5.02. The fraction of sp³-hybridized carbons (Fsp3) is 0.500. The minimum absolute atomic E-state index is 0. The number of aryl methyl sites for hydroxylation is 1. The Morgan fingerprint density at radius 1 is 1.33 bits per heavy atom. The van der Waals surface area contributed by atoms with E-state index in [0.29, 0.717) is 12.0 Å². The summed E-state index contributed by atoms with van der Waals surface area (Å²) >= 11 is 0. The molecule has 1 aliphatic heterocycles. The summed E-state index contributed by atoms with van der Waals surface area (Å²) in [5.74, 6) is -0.271. The van der Waals surface area contributed by atoms with Crippen molar-refractivity contribution in [3.05, 3.63) is 29.3 Å². The van der Waals surface area contributed by atoms with Gasteiger partial charge in [0, 0.05) is 5.69 Å². The highest BCUT2D eigenvalue weighted by molar-refractivity contribution is 5.95. The van der Waals surface area contributed by atoms with E-state index in [0.717, 1.165) is 31.5 Å². The van der Waals surface area contributed by atoms with E-state index in [-0.39, 0.29) is 30.0 Å². The maximum atomic E-state index is 12.7. The Hall–Kier alpha value is -1.27. The third-order valence-corrected chi connectivity index (χ3v) is 3.45. The van der Waals surface area contributed by atoms with Gasteiger partial charge in [-0.15, -0.1) is 12.4 Å². The van der Waals surface area contributed by atoms with Crippen molar-refractivity contribution in [3.8, 4) is 0 Å². The van der Waals surface area contributed by atoms with Crippen molar-refractivity contribution < 1.29 is 18.0 Å². The van der Waals surface area contributed by atoms with E-state index in [2.05, 4.69) is 10.6 Å². The van der Waals surface area contributed by atoms with Crippen LogP contribution in [0.2, 0.25) is 0 Å². The molecule has 1 atom stereocenters. The summed E-state index contributed by atoms with van der Waals surface area (Å²) in [6.45, 7) is 2.43. The van der Waals surface area contributed by atoms with E-state index in [1.807, 2.05) is 0 Å². The molecule has 0 spiro atoms. The molecule has 2 rings (SSSR count). The fourth-order valence-corrected chi connectivity index (χ4v) is 2.23. The highest BCUT2D eigenvalue weighted by Crippen LogP contribution is 2.32. The average molecular weight is 323 g/mol. The molecule has 1 fully saturated rings. The summed E-state index contributed by atoms with van der Waals surface area (Å²) in [4.78, 5) is 12.0. The summed E-state index contributed by atoms with van der Waals surface area (Å²) in [6.07, 6.45) is -1.72. The number of rotatable bonds is 2. The highest BCUT2D eigenvalue weighted by Gasteiger charge is 2.31. The number of carbonyl (C=O) groups excluding carboxylic acids is 1. The zero-order valence-corrected chi connectivity index (χ0v) is 12.4. The predicted molar refractivity (Wildman–Crippen MR) is 77.7 cm³/mol. The molecule has 1 aromatic carbocycles. The van der Waals surface area contributed by atoms with Crippen LogP contribution in [0.5, 0.6) is 0 Å². The summed E-state index contributed by atoms with van der Waals surface area (Å²) in [5.41, 5.74) is 0.0781. The number of anilines is 1. The van der Waals surface area contributed by atoms with Crippen molar-refractivity contribution in [1.29, 1.82) is 0 Å². The second kappa shape index (κ2) is 7.13. The molecule has 0 bridgehead atoms. The first-order chi connectivity index (χ1) is 9.38. The topological polar surface area (TPSA) is 41.1 Å². The normalized spacial score (nSPS) is 18.8. The van der Waals surface area contributed by atoms with Gasteiger partial charge in [0.05, 0.1) is 11.6 Å². The number of hydrogen-bond donors (Lipinski definition) is 2. The van der Waals surface area contributed by atoms with E-state index < -0.39 is 11.7 Å². The van der Waals surface area contributed by atoms with Crippen molar-refractivity contribution in [3.63, 3.8) is 0 Å². The first kappa shape index (κ1) is 17.8. The van der Waals surface area contributed by atoms with Crippen LogP contribution in [0, 0.1) is 6.92 Å². The van der Waals surface area contributed by atoms with Crippen molar-refractivity contribution in [2.24, 2.45) is 0 Å². The van der Waals surface area contributed by atoms with E-state index in [9.17, 15) is 18.0 Å². The SMILES string of the molecule is Cc1ccc(C(F)(F)F)cc1NC(=O)C1CCCCN1.Cl. The van der Waals surface area contributed by atoms with Crippen molar-refractivity contribution >= 4 is 24.0 Å². The molecule has 21 heavy (non-hydrogen) atoms. The predicted octanol–water partition coefficient (Wildman–Crippen LogP) is 3.52. The molecule has 1 amide bonds. The Labute approximate surface area is 127 Å². The van der Waals surface area contributed by atoms with E-state index in [4.69, 9.17) is 0 Å². The Morgan fingerprint density at radius 2 is 2.05 bits per heavy atom. The summed E-state index contributed by atoms with van der Waals surface area (Å²) in [7, 11) is 0. The minimum atomic E-state index is -4.41. The van der Waals surface area contributed by atoms with Crippen LogP contribution >= 0.6 is 12.4 Å². The lowest BCUT2D eigenvalue weighted by molar-refractivity contribution is -0.137. The van der Waals surface area contributed by atoms with Gasteiger partial charge in [-0.1, -0.05) is 12.5 Å². The van der Waals surface area contributed by atoms with Crippen LogP contribution in [0.1, 0.15) is 30.4 Å². The monoisotopic (exact) mass is 322 g/mol. The van der Waals surface area contributed by atoms with Crippen LogP contribution in [-0.4, -0.2) is 18.5 Å². The largest absolute Gasteiger partial charge is 0.416 e. The van der Waals surface area contributed by atoms with Gasteiger partial charge in [-0.05, 0) is 44.0 Å². The zero-order chi connectivity index (χ0) is 14.8. The smallest absolute Gasteiger partial charge is 0.324 e. The average Bonchev–Trinajstić information content (AvgIpc) is 2.41. The molecule has 1 aromatic rings. The standard InChI is InChI=1S/C14H17F3N2O.ClH/c1-9-5-6-10(14(15,16)17)8-12(9)19-13(20)11-4-2-3-7-18-11;/h5-6,8,11,18H,2-4,7H2,1H3,(H,19,20);1H. The molecule has 0 aromatic heterocycles. The number of nitrogens with one attached hydrogen (secondary N) is 2. The highest BCUT2D eigenvalue weighted by atomic mass is 35.5. The maximum absolute atomic E-state index is 12.7. The van der Waals surface area contributed by atoms with Gasteiger partial charge in [0.1, 0.15) is 0 Å². The van der Waals surface area contributed by atoms with Gasteiger partial charge < -0.3 is 10.6 Å². The first-order valence-electron chi connectivity index (χ1n) is 6.60. The molecule has 1 aliphatic rings. The van der Waals surface area contributed by atoms with Crippen molar-refractivity contribution in [2.45, 2.75) is 38.4 Å². The zero-order valence-electron chi connectivity index (χ0n) is 11.6. The molecule has 1 heterocycles. The van der Waals surface area contributed by atoms with Crippen LogP contribution in [0.25, 0.3) is 0 Å². The second-order valence-corrected chi connectivity index (χ2v) is 5.02. The number of carbonyl (C=O) groups is 1. The summed E-state index contributed by atoms with van der Waals surface area (Å²) < 4.78 is 38.0. The molecule has 1 unspecified atom stereocenters. The van der Waals surface area contributed by atoms with Gasteiger partial charge in [-0.25, -0.2) is 0 Å². The quantitative estimate of drug-likeness (QED) is 0.874. The number of hydrogen-bond acceptors (Lipinski definition) is 2. The summed E-state index contributed by atoms with van der Waals surface area (Å²) in [6, 6.07) is 3.05. The lowest BCUT2D eigenvalue weighted by Gasteiger charge is -2.23. The number of benzene rings is 1. The Balaban J connectivity index is 0.00000220. The summed E-state index contributed by atoms with van der Waals surface area (Å²) in [5, 5.41) is 5.66. The van der Waals surface area contributed by atoms with Crippen LogP contribution in [0.15, 0.2) is 18.2 Å². The van der Waals surface area contributed by atoms with E-state index in [1.54, 1.807) is 6.92 Å². The Bertz CT molecular complexity index is 499. The lowest BCUT2D eigenvalue weighted by Crippen LogP contribution is -2.43. The van der Waals surface area contributed by atoms with E-state index in [1.165, 1.54) is 6.07 Å². The molecule has 0 aliphatic carbocycles. The van der Waals surface area contributed by atoms with Crippen molar-refractivity contribution in [2.75, 3.05) is 11.9 Å². The molecule has 3 nitrogen and oxygen atoms in total. The maximum Gasteiger partial charge on any atom is 0.416 e. The Morgan fingerprint density at radius 3 is 2.62 bits per heavy atom.